The third-order valence-electron chi connectivity index (χ3n) is 3.27. The number of rotatable bonds is 2. The predicted molar refractivity (Wildman–Crippen MR) is 70.5 cm³/mol. The average Bonchev–Trinajstić information content (AvgIpc) is 2.36. The van der Waals surface area contributed by atoms with Crippen molar-refractivity contribution in [3.05, 3.63) is 29.8 Å². The SMILES string of the molecule is CCN1CC(C)C(=O)N(c2ccc(C)cc2)C1=O. The van der Waals surface area contributed by atoms with E-state index in [1.165, 1.54) is 4.90 Å². The Morgan fingerprint density at radius 2 is 1.83 bits per heavy atom. The minimum Gasteiger partial charge on any atom is -0.323 e. The van der Waals surface area contributed by atoms with Crippen molar-refractivity contribution in [1.29, 1.82) is 0 Å². The van der Waals surface area contributed by atoms with Crippen LogP contribution < -0.4 is 4.90 Å². The van der Waals surface area contributed by atoms with E-state index < -0.39 is 0 Å². The molecule has 0 N–H and O–H groups in total. The summed E-state index contributed by atoms with van der Waals surface area (Å²) in [6.45, 7) is 6.90. The Hall–Kier alpha value is -1.84. The van der Waals surface area contributed by atoms with Crippen LogP contribution in [0.4, 0.5) is 10.5 Å². The first-order chi connectivity index (χ1) is 8.54. The van der Waals surface area contributed by atoms with Crippen molar-refractivity contribution >= 4 is 17.6 Å². The standard InChI is InChI=1S/C14H18N2O2/c1-4-15-9-11(3)13(17)16(14(15)18)12-7-5-10(2)6-8-12/h5-8,11H,4,9H2,1-3H3. The lowest BCUT2D eigenvalue weighted by molar-refractivity contribution is -0.122. The number of carbonyl (C=O) groups excluding carboxylic acids is 2. The second-order valence-electron chi connectivity index (χ2n) is 4.73. The van der Waals surface area contributed by atoms with E-state index in [0.29, 0.717) is 18.8 Å². The average molecular weight is 246 g/mol. The van der Waals surface area contributed by atoms with Gasteiger partial charge in [-0.3, -0.25) is 4.79 Å². The molecule has 18 heavy (non-hydrogen) atoms. The monoisotopic (exact) mass is 246 g/mol. The van der Waals surface area contributed by atoms with Crippen LogP contribution in [0.15, 0.2) is 24.3 Å². The molecule has 0 bridgehead atoms. The molecule has 0 spiro atoms. The maximum absolute atomic E-state index is 12.2. The number of hydrogen-bond acceptors (Lipinski definition) is 2. The van der Waals surface area contributed by atoms with E-state index in [4.69, 9.17) is 0 Å². The zero-order valence-electron chi connectivity index (χ0n) is 11.0. The highest BCUT2D eigenvalue weighted by Crippen LogP contribution is 2.23. The molecule has 1 atom stereocenters. The van der Waals surface area contributed by atoms with Gasteiger partial charge in [0.25, 0.3) is 0 Å². The van der Waals surface area contributed by atoms with Gasteiger partial charge in [0.2, 0.25) is 5.91 Å². The Balaban J connectivity index is 2.36. The molecular weight excluding hydrogens is 228 g/mol. The zero-order chi connectivity index (χ0) is 13.3. The summed E-state index contributed by atoms with van der Waals surface area (Å²) in [6, 6.07) is 7.23. The van der Waals surface area contributed by atoms with Crippen molar-refractivity contribution in [3.63, 3.8) is 0 Å². The minimum atomic E-state index is -0.218. The highest BCUT2D eigenvalue weighted by atomic mass is 16.2. The molecule has 0 saturated carbocycles. The van der Waals surface area contributed by atoms with Gasteiger partial charge < -0.3 is 4.90 Å². The number of amides is 3. The van der Waals surface area contributed by atoms with Gasteiger partial charge in [0, 0.05) is 13.1 Å². The molecule has 2 rings (SSSR count). The van der Waals surface area contributed by atoms with Crippen LogP contribution in [0.1, 0.15) is 19.4 Å². The van der Waals surface area contributed by atoms with E-state index in [9.17, 15) is 9.59 Å². The molecular formula is C14H18N2O2. The highest BCUT2D eigenvalue weighted by Gasteiger charge is 2.36. The maximum atomic E-state index is 12.2. The maximum Gasteiger partial charge on any atom is 0.331 e. The number of imide groups is 1. The summed E-state index contributed by atoms with van der Waals surface area (Å²) in [5.74, 6) is -0.266. The van der Waals surface area contributed by atoms with Gasteiger partial charge in [-0.05, 0) is 26.0 Å². The molecule has 1 saturated heterocycles. The van der Waals surface area contributed by atoms with Crippen LogP contribution in [-0.4, -0.2) is 29.9 Å². The summed E-state index contributed by atoms with van der Waals surface area (Å²) in [4.78, 5) is 27.4. The van der Waals surface area contributed by atoms with Crippen molar-refractivity contribution in [2.45, 2.75) is 20.8 Å². The number of benzene rings is 1. The molecule has 1 aliphatic heterocycles. The molecule has 4 heteroatoms. The van der Waals surface area contributed by atoms with Crippen LogP contribution >= 0.6 is 0 Å². The largest absolute Gasteiger partial charge is 0.331 e. The van der Waals surface area contributed by atoms with Gasteiger partial charge in [0.05, 0.1) is 11.6 Å². The van der Waals surface area contributed by atoms with Crippen molar-refractivity contribution in [3.8, 4) is 0 Å². The molecule has 1 aromatic carbocycles. The normalized spacial score (nSPS) is 20.5. The Kier molecular flexibility index (Phi) is 3.36. The summed E-state index contributed by atoms with van der Waals surface area (Å²) in [7, 11) is 0. The van der Waals surface area contributed by atoms with Crippen LogP contribution in [0.2, 0.25) is 0 Å². The van der Waals surface area contributed by atoms with Gasteiger partial charge >= 0.3 is 6.03 Å². The Labute approximate surface area is 107 Å². The van der Waals surface area contributed by atoms with E-state index >= 15 is 0 Å². The van der Waals surface area contributed by atoms with Gasteiger partial charge in [-0.15, -0.1) is 0 Å². The van der Waals surface area contributed by atoms with Gasteiger partial charge in [-0.2, -0.15) is 0 Å². The van der Waals surface area contributed by atoms with Gasteiger partial charge in [-0.1, -0.05) is 24.6 Å². The zero-order valence-corrected chi connectivity index (χ0v) is 11.0. The van der Waals surface area contributed by atoms with E-state index in [-0.39, 0.29) is 17.9 Å². The van der Waals surface area contributed by atoms with Crippen LogP contribution in [0.25, 0.3) is 0 Å². The summed E-state index contributed by atoms with van der Waals surface area (Å²) in [5, 5.41) is 0. The van der Waals surface area contributed by atoms with E-state index in [2.05, 4.69) is 0 Å². The summed E-state index contributed by atoms with van der Waals surface area (Å²) in [6.07, 6.45) is 0. The number of aryl methyl sites for hydroxylation is 1. The molecule has 1 fully saturated rings. The van der Waals surface area contributed by atoms with E-state index in [1.54, 1.807) is 4.90 Å². The van der Waals surface area contributed by atoms with Crippen molar-refractivity contribution in [1.82, 2.24) is 4.90 Å². The predicted octanol–water partition coefficient (Wildman–Crippen LogP) is 2.42. The van der Waals surface area contributed by atoms with Crippen LogP contribution in [-0.2, 0) is 4.79 Å². The summed E-state index contributed by atoms with van der Waals surface area (Å²) < 4.78 is 0. The van der Waals surface area contributed by atoms with E-state index in [0.717, 1.165) is 5.56 Å². The van der Waals surface area contributed by atoms with Gasteiger partial charge in [0.1, 0.15) is 0 Å². The molecule has 0 aromatic heterocycles. The van der Waals surface area contributed by atoms with Gasteiger partial charge in [-0.25, -0.2) is 9.69 Å². The molecule has 1 aromatic rings. The summed E-state index contributed by atoms with van der Waals surface area (Å²) >= 11 is 0. The quantitative estimate of drug-likeness (QED) is 0.804. The number of carbonyl (C=O) groups is 2. The number of urea groups is 1. The Morgan fingerprint density at radius 1 is 1.22 bits per heavy atom. The third-order valence-corrected chi connectivity index (χ3v) is 3.27. The first-order valence-electron chi connectivity index (χ1n) is 6.24. The molecule has 4 nitrogen and oxygen atoms in total. The first-order valence-corrected chi connectivity index (χ1v) is 6.24. The van der Waals surface area contributed by atoms with Gasteiger partial charge in [0.15, 0.2) is 0 Å². The molecule has 1 heterocycles. The van der Waals surface area contributed by atoms with Crippen molar-refractivity contribution in [2.75, 3.05) is 18.0 Å². The van der Waals surface area contributed by atoms with E-state index in [1.807, 2.05) is 45.0 Å². The third kappa shape index (κ3) is 2.10. The number of hydrogen-bond donors (Lipinski definition) is 0. The lowest BCUT2D eigenvalue weighted by atomic mass is 10.1. The first kappa shape index (κ1) is 12.6. The molecule has 0 aliphatic carbocycles. The molecule has 0 radical (unpaired) electrons. The lowest BCUT2D eigenvalue weighted by Crippen LogP contribution is -2.56. The fraction of sp³-hybridized carbons (Fsp3) is 0.429. The smallest absolute Gasteiger partial charge is 0.323 e. The molecule has 1 aliphatic rings. The van der Waals surface area contributed by atoms with Crippen LogP contribution in [0.5, 0.6) is 0 Å². The van der Waals surface area contributed by atoms with Crippen molar-refractivity contribution in [2.24, 2.45) is 5.92 Å². The fourth-order valence-electron chi connectivity index (χ4n) is 2.14. The summed E-state index contributed by atoms with van der Waals surface area (Å²) in [5.41, 5.74) is 1.76. The molecule has 96 valence electrons. The number of nitrogens with zero attached hydrogens (tertiary/aromatic N) is 2. The number of anilines is 1. The minimum absolute atomic E-state index is 0.117. The second-order valence-corrected chi connectivity index (χ2v) is 4.73. The Bertz CT molecular complexity index is 467. The molecule has 3 amide bonds. The second kappa shape index (κ2) is 4.80. The Morgan fingerprint density at radius 3 is 2.39 bits per heavy atom. The molecule has 1 unspecified atom stereocenters. The highest BCUT2D eigenvalue weighted by molar-refractivity contribution is 6.16. The van der Waals surface area contributed by atoms with Crippen LogP contribution in [0, 0.1) is 12.8 Å². The van der Waals surface area contributed by atoms with Crippen molar-refractivity contribution < 1.29 is 9.59 Å². The fourth-order valence-corrected chi connectivity index (χ4v) is 2.14. The topological polar surface area (TPSA) is 40.6 Å². The van der Waals surface area contributed by atoms with Crippen LogP contribution in [0.3, 0.4) is 0 Å². The lowest BCUT2D eigenvalue weighted by Gasteiger charge is -2.36.